The van der Waals surface area contributed by atoms with Crippen LogP contribution >= 0.6 is 15.9 Å². The van der Waals surface area contributed by atoms with Crippen LogP contribution in [0.5, 0.6) is 0 Å². The zero-order chi connectivity index (χ0) is 10.7. The van der Waals surface area contributed by atoms with Crippen LogP contribution in [-0.4, -0.2) is 11.1 Å². The summed E-state index contributed by atoms with van der Waals surface area (Å²) in [5.74, 6) is -0.983. The predicted octanol–water partition coefficient (Wildman–Crippen LogP) is 1.53. The second-order valence-electron chi connectivity index (χ2n) is 2.71. The lowest BCUT2D eigenvalue weighted by molar-refractivity contribution is -0.136. The van der Waals surface area contributed by atoms with E-state index in [9.17, 15) is 4.79 Å². The molecule has 0 aliphatic heterocycles. The first kappa shape index (κ1) is 10.5. The molecule has 0 aliphatic rings. The number of carboxylic acid groups (broad SMARTS) is 1. The Morgan fingerprint density at radius 1 is 1.64 bits per heavy atom. The Balaban J connectivity index is 3.22. The topological polar surface area (TPSA) is 87.1 Å². The van der Waals surface area contributed by atoms with Crippen LogP contribution < -0.4 is 5.73 Å². The van der Waals surface area contributed by atoms with Gasteiger partial charge in [-0.25, -0.2) is 0 Å². The van der Waals surface area contributed by atoms with Crippen molar-refractivity contribution in [2.24, 2.45) is 0 Å². The minimum atomic E-state index is -0.983. The van der Waals surface area contributed by atoms with Crippen molar-refractivity contribution in [1.82, 2.24) is 0 Å². The van der Waals surface area contributed by atoms with E-state index < -0.39 is 5.97 Å². The molecule has 0 heterocycles. The number of hydrogen-bond acceptors (Lipinski definition) is 3. The third-order valence-corrected chi connectivity index (χ3v) is 2.37. The molecule has 0 aliphatic carbocycles. The third kappa shape index (κ3) is 2.24. The first-order chi connectivity index (χ1) is 6.54. The molecule has 1 aromatic carbocycles. The molecule has 0 amide bonds. The Labute approximate surface area is 89.1 Å². The number of aliphatic carboxylic acids is 1. The maximum Gasteiger partial charge on any atom is 0.307 e. The molecule has 0 fully saturated rings. The normalized spacial score (nSPS) is 9.43. The van der Waals surface area contributed by atoms with E-state index in [0.29, 0.717) is 21.3 Å². The van der Waals surface area contributed by atoms with Crippen LogP contribution in [0.25, 0.3) is 0 Å². The molecular formula is C9H7BrN2O2. The summed E-state index contributed by atoms with van der Waals surface area (Å²) < 4.78 is 0.600. The fraction of sp³-hybridized carbons (Fsp3) is 0.111. The van der Waals surface area contributed by atoms with Gasteiger partial charge in [-0.15, -0.1) is 0 Å². The number of carbonyl (C=O) groups is 1. The van der Waals surface area contributed by atoms with E-state index in [1.165, 1.54) is 12.1 Å². The highest BCUT2D eigenvalue weighted by Gasteiger charge is 2.09. The largest absolute Gasteiger partial charge is 0.481 e. The first-order valence-corrected chi connectivity index (χ1v) is 4.53. The van der Waals surface area contributed by atoms with E-state index in [-0.39, 0.29) is 6.42 Å². The number of carboxylic acids is 1. The summed E-state index contributed by atoms with van der Waals surface area (Å²) in [7, 11) is 0. The summed E-state index contributed by atoms with van der Waals surface area (Å²) in [4.78, 5) is 10.5. The molecule has 4 nitrogen and oxygen atoms in total. The standard InChI is InChI=1S/C9H7BrN2O2/c10-7-1-6(4-11)5(2-8(7)12)3-9(13)14/h1-2H,3,12H2,(H,13,14). The van der Waals surface area contributed by atoms with Crippen molar-refractivity contribution in [3.63, 3.8) is 0 Å². The Morgan fingerprint density at radius 3 is 2.79 bits per heavy atom. The van der Waals surface area contributed by atoms with Crippen molar-refractivity contribution in [2.45, 2.75) is 6.42 Å². The second-order valence-corrected chi connectivity index (χ2v) is 3.57. The molecule has 1 rings (SSSR count). The zero-order valence-corrected chi connectivity index (χ0v) is 8.71. The van der Waals surface area contributed by atoms with Gasteiger partial charge in [-0.2, -0.15) is 5.26 Å². The molecule has 5 heteroatoms. The Morgan fingerprint density at radius 2 is 2.29 bits per heavy atom. The number of nitrogen functional groups attached to an aromatic ring is 1. The number of nitriles is 1. The molecule has 14 heavy (non-hydrogen) atoms. The monoisotopic (exact) mass is 254 g/mol. The molecule has 0 saturated carbocycles. The molecule has 72 valence electrons. The van der Waals surface area contributed by atoms with Crippen LogP contribution in [0.1, 0.15) is 11.1 Å². The summed E-state index contributed by atoms with van der Waals surface area (Å²) >= 11 is 3.16. The van der Waals surface area contributed by atoms with Crippen molar-refractivity contribution in [3.05, 3.63) is 27.7 Å². The molecule has 0 bridgehead atoms. The minimum absolute atomic E-state index is 0.194. The number of nitrogens with two attached hydrogens (primary N) is 1. The number of benzene rings is 1. The van der Waals surface area contributed by atoms with Crippen LogP contribution in [0.15, 0.2) is 16.6 Å². The first-order valence-electron chi connectivity index (χ1n) is 3.74. The van der Waals surface area contributed by atoms with Crippen molar-refractivity contribution < 1.29 is 9.90 Å². The highest BCUT2D eigenvalue weighted by molar-refractivity contribution is 9.10. The van der Waals surface area contributed by atoms with Crippen molar-refractivity contribution >= 4 is 27.6 Å². The average molecular weight is 255 g/mol. The van der Waals surface area contributed by atoms with Gasteiger partial charge in [0.05, 0.1) is 18.1 Å². The maximum atomic E-state index is 10.5. The van der Waals surface area contributed by atoms with Gasteiger partial charge in [0.1, 0.15) is 0 Å². The fourth-order valence-electron chi connectivity index (χ4n) is 1.05. The summed E-state index contributed by atoms with van der Waals surface area (Å²) in [5.41, 5.74) is 6.76. The van der Waals surface area contributed by atoms with E-state index >= 15 is 0 Å². The lowest BCUT2D eigenvalue weighted by Crippen LogP contribution is -2.03. The lowest BCUT2D eigenvalue weighted by atomic mass is 10.0. The van der Waals surface area contributed by atoms with Gasteiger partial charge < -0.3 is 10.8 Å². The molecule has 0 aromatic heterocycles. The van der Waals surface area contributed by atoms with Gasteiger partial charge in [0, 0.05) is 10.2 Å². The van der Waals surface area contributed by atoms with Gasteiger partial charge >= 0.3 is 5.97 Å². The summed E-state index contributed by atoms with van der Waals surface area (Å²) in [6, 6.07) is 4.94. The fourth-order valence-corrected chi connectivity index (χ4v) is 1.39. The molecule has 0 saturated heterocycles. The minimum Gasteiger partial charge on any atom is -0.481 e. The molecule has 0 atom stereocenters. The maximum absolute atomic E-state index is 10.5. The van der Waals surface area contributed by atoms with E-state index in [1.54, 1.807) is 0 Å². The number of hydrogen-bond donors (Lipinski definition) is 2. The third-order valence-electron chi connectivity index (χ3n) is 1.68. The Hall–Kier alpha value is -1.54. The summed E-state index contributed by atoms with van der Waals surface area (Å²) in [6.45, 7) is 0. The van der Waals surface area contributed by atoms with Gasteiger partial charge in [0.25, 0.3) is 0 Å². The van der Waals surface area contributed by atoms with Gasteiger partial charge in [0.2, 0.25) is 0 Å². The lowest BCUT2D eigenvalue weighted by Gasteiger charge is -2.04. The number of nitrogens with zero attached hydrogens (tertiary/aromatic N) is 1. The summed E-state index contributed by atoms with van der Waals surface area (Å²) in [5, 5.41) is 17.3. The van der Waals surface area contributed by atoms with Crippen molar-refractivity contribution in [1.29, 1.82) is 5.26 Å². The quantitative estimate of drug-likeness (QED) is 0.784. The second kappa shape index (κ2) is 4.11. The van der Waals surface area contributed by atoms with Gasteiger partial charge in [-0.3, -0.25) is 4.79 Å². The van der Waals surface area contributed by atoms with E-state index in [2.05, 4.69) is 15.9 Å². The highest BCUT2D eigenvalue weighted by Crippen LogP contribution is 2.24. The van der Waals surface area contributed by atoms with E-state index in [1.807, 2.05) is 6.07 Å². The number of rotatable bonds is 2. The molecule has 1 aromatic rings. The van der Waals surface area contributed by atoms with Gasteiger partial charge in [0.15, 0.2) is 0 Å². The smallest absolute Gasteiger partial charge is 0.307 e. The predicted molar refractivity (Wildman–Crippen MR) is 54.6 cm³/mol. The van der Waals surface area contributed by atoms with Crippen LogP contribution in [0.2, 0.25) is 0 Å². The molecule has 3 N–H and O–H groups in total. The van der Waals surface area contributed by atoms with Crippen molar-refractivity contribution in [2.75, 3.05) is 5.73 Å². The van der Waals surface area contributed by atoms with Gasteiger partial charge in [-0.1, -0.05) is 0 Å². The molecule has 0 unspecified atom stereocenters. The highest BCUT2D eigenvalue weighted by atomic mass is 79.9. The van der Waals surface area contributed by atoms with E-state index in [4.69, 9.17) is 16.1 Å². The van der Waals surface area contributed by atoms with Crippen LogP contribution in [0, 0.1) is 11.3 Å². The van der Waals surface area contributed by atoms with Crippen LogP contribution in [-0.2, 0) is 11.2 Å². The van der Waals surface area contributed by atoms with E-state index in [0.717, 1.165) is 0 Å². The van der Waals surface area contributed by atoms with Crippen LogP contribution in [0.4, 0.5) is 5.69 Å². The van der Waals surface area contributed by atoms with Gasteiger partial charge in [-0.05, 0) is 33.6 Å². The number of anilines is 1. The number of halogens is 1. The molecule has 0 radical (unpaired) electrons. The molecule has 0 spiro atoms. The SMILES string of the molecule is N#Cc1cc(Br)c(N)cc1CC(=O)O. The zero-order valence-electron chi connectivity index (χ0n) is 7.12. The average Bonchev–Trinajstić information content (AvgIpc) is 2.10. The summed E-state index contributed by atoms with van der Waals surface area (Å²) in [6.07, 6.45) is -0.194. The van der Waals surface area contributed by atoms with Crippen LogP contribution in [0.3, 0.4) is 0 Å². The molecular weight excluding hydrogens is 248 g/mol. The Kier molecular flexibility index (Phi) is 3.10. The Bertz CT molecular complexity index is 424. The van der Waals surface area contributed by atoms with Crippen molar-refractivity contribution in [3.8, 4) is 6.07 Å².